The van der Waals surface area contributed by atoms with Crippen molar-refractivity contribution < 1.29 is 19.1 Å². The van der Waals surface area contributed by atoms with Gasteiger partial charge in [-0.15, -0.1) is 0 Å². The van der Waals surface area contributed by atoms with Gasteiger partial charge in [0.05, 0.1) is 12.3 Å². The molecule has 1 aliphatic heterocycles. The van der Waals surface area contributed by atoms with Crippen LogP contribution in [0.2, 0.25) is 0 Å². The van der Waals surface area contributed by atoms with Gasteiger partial charge in [-0.2, -0.15) is 0 Å². The molecule has 6 heteroatoms. The van der Waals surface area contributed by atoms with E-state index in [1.807, 2.05) is 12.1 Å². The second-order valence-corrected chi connectivity index (χ2v) is 6.68. The lowest BCUT2D eigenvalue weighted by atomic mass is 9.86. The van der Waals surface area contributed by atoms with Crippen molar-refractivity contribution in [2.24, 2.45) is 5.73 Å². The van der Waals surface area contributed by atoms with Gasteiger partial charge in [0.2, 0.25) is 0 Å². The second-order valence-electron chi connectivity index (χ2n) is 5.90. The Labute approximate surface area is 143 Å². The molecule has 5 nitrogen and oxygen atoms in total. The van der Waals surface area contributed by atoms with Crippen LogP contribution in [0.1, 0.15) is 42.7 Å². The predicted molar refractivity (Wildman–Crippen MR) is 90.5 cm³/mol. The molecule has 23 heavy (non-hydrogen) atoms. The smallest absolute Gasteiger partial charge is 0.168 e. The van der Waals surface area contributed by atoms with Crippen LogP contribution < -0.4 is 10.5 Å². The monoisotopic (exact) mass is 381 g/mol. The van der Waals surface area contributed by atoms with E-state index in [9.17, 15) is 9.90 Å². The number of carbonyl (C=O) groups is 1. The van der Waals surface area contributed by atoms with E-state index in [0.29, 0.717) is 16.9 Å². The zero-order valence-electron chi connectivity index (χ0n) is 13.2. The average molecular weight is 382 g/mol. The standard InChI is InChI=1S/C13H17NO3.C4H3BrO/c1-7(15)8-4-5-10-9(6-8)11(14)12(16)13(2,3)17-10;5-4-2-1-3-6-4/h4-6,11-12,16H,14H2,1-3H3;1-3H. The molecule has 1 aliphatic rings. The molecule has 0 amide bonds. The average Bonchev–Trinajstić information content (AvgIpc) is 2.96. The number of ether oxygens (including phenoxy) is 1. The molecular formula is C17H20BrNO4. The summed E-state index contributed by atoms with van der Waals surface area (Å²) >= 11 is 3.11. The number of hydrogen-bond donors (Lipinski definition) is 2. The van der Waals surface area contributed by atoms with Crippen molar-refractivity contribution in [3.63, 3.8) is 0 Å². The molecule has 0 saturated carbocycles. The lowest BCUT2D eigenvalue weighted by Crippen LogP contribution is -2.51. The van der Waals surface area contributed by atoms with Gasteiger partial charge >= 0.3 is 0 Å². The van der Waals surface area contributed by atoms with Crippen LogP contribution in [0.4, 0.5) is 0 Å². The quantitative estimate of drug-likeness (QED) is 0.738. The largest absolute Gasteiger partial charge is 0.485 e. The number of aliphatic hydroxyl groups is 1. The van der Waals surface area contributed by atoms with Gasteiger partial charge < -0.3 is 20.0 Å². The van der Waals surface area contributed by atoms with E-state index < -0.39 is 17.7 Å². The first-order valence-corrected chi connectivity index (χ1v) is 7.98. The Morgan fingerprint density at radius 3 is 2.52 bits per heavy atom. The fraction of sp³-hybridized carbons (Fsp3) is 0.353. The predicted octanol–water partition coefficient (Wildman–Crippen LogP) is 3.46. The van der Waals surface area contributed by atoms with Crippen molar-refractivity contribution in [3.05, 3.63) is 52.4 Å². The summed E-state index contributed by atoms with van der Waals surface area (Å²) in [5.74, 6) is 0.608. The summed E-state index contributed by atoms with van der Waals surface area (Å²) in [6.45, 7) is 5.08. The molecule has 0 saturated heterocycles. The molecule has 0 bridgehead atoms. The number of Topliss-reactive ketones (excluding diaryl/α,β-unsaturated/α-hetero) is 1. The van der Waals surface area contributed by atoms with Crippen LogP contribution in [0.3, 0.4) is 0 Å². The molecule has 2 aromatic rings. The lowest BCUT2D eigenvalue weighted by molar-refractivity contribution is -0.0571. The number of carbonyl (C=O) groups excluding carboxylic acids is 1. The molecule has 0 aliphatic carbocycles. The number of rotatable bonds is 1. The van der Waals surface area contributed by atoms with Crippen molar-refractivity contribution in [1.29, 1.82) is 0 Å². The number of furan rings is 1. The molecule has 2 unspecified atom stereocenters. The summed E-state index contributed by atoms with van der Waals surface area (Å²) in [6, 6.07) is 8.26. The molecule has 1 aromatic heterocycles. The third-order valence-corrected chi connectivity index (χ3v) is 4.14. The Morgan fingerprint density at radius 2 is 2.04 bits per heavy atom. The highest BCUT2D eigenvalue weighted by molar-refractivity contribution is 9.10. The van der Waals surface area contributed by atoms with Gasteiger partial charge in [0, 0.05) is 11.1 Å². The molecule has 0 spiro atoms. The fourth-order valence-electron chi connectivity index (χ4n) is 2.33. The molecule has 3 rings (SSSR count). The molecule has 0 fully saturated rings. The summed E-state index contributed by atoms with van der Waals surface area (Å²) in [5, 5.41) is 10.0. The number of hydrogen-bond acceptors (Lipinski definition) is 5. The lowest BCUT2D eigenvalue weighted by Gasteiger charge is -2.40. The first-order chi connectivity index (χ1) is 10.7. The molecule has 2 heterocycles. The van der Waals surface area contributed by atoms with Gasteiger partial charge in [-0.1, -0.05) is 0 Å². The summed E-state index contributed by atoms with van der Waals surface area (Å²) in [5.41, 5.74) is 6.54. The van der Waals surface area contributed by atoms with Crippen molar-refractivity contribution in [1.82, 2.24) is 0 Å². The minimum absolute atomic E-state index is 0.0284. The van der Waals surface area contributed by atoms with Crippen LogP contribution in [0.5, 0.6) is 5.75 Å². The molecule has 124 valence electrons. The van der Waals surface area contributed by atoms with Crippen LogP contribution in [-0.4, -0.2) is 22.6 Å². The number of ketones is 1. The van der Waals surface area contributed by atoms with Gasteiger partial charge in [-0.25, -0.2) is 0 Å². The van der Waals surface area contributed by atoms with E-state index in [0.717, 1.165) is 4.67 Å². The Hall–Kier alpha value is -1.63. The highest BCUT2D eigenvalue weighted by atomic mass is 79.9. The third kappa shape index (κ3) is 4.02. The SMILES string of the molecule is Brc1ccco1.CC(=O)c1ccc2c(c1)C(N)C(O)C(C)(C)O2. The van der Waals surface area contributed by atoms with Crippen molar-refractivity contribution in [3.8, 4) is 5.75 Å². The van der Waals surface area contributed by atoms with Gasteiger partial charge in [-0.3, -0.25) is 4.79 Å². The Morgan fingerprint density at radius 1 is 1.35 bits per heavy atom. The number of nitrogens with two attached hydrogens (primary N) is 1. The van der Waals surface area contributed by atoms with Gasteiger partial charge in [0.1, 0.15) is 17.5 Å². The zero-order valence-corrected chi connectivity index (χ0v) is 14.8. The summed E-state index contributed by atoms with van der Waals surface area (Å²) < 4.78 is 11.2. The van der Waals surface area contributed by atoms with Crippen LogP contribution in [0.15, 0.2) is 45.7 Å². The van der Waals surface area contributed by atoms with E-state index >= 15 is 0 Å². The topological polar surface area (TPSA) is 85.7 Å². The maximum atomic E-state index is 11.3. The van der Waals surface area contributed by atoms with Crippen LogP contribution >= 0.6 is 15.9 Å². The summed E-state index contributed by atoms with van der Waals surface area (Å²) in [6.07, 6.45) is 0.821. The molecule has 1 aromatic carbocycles. The van der Waals surface area contributed by atoms with E-state index in [-0.39, 0.29) is 5.78 Å². The fourth-order valence-corrected chi connectivity index (χ4v) is 2.59. The van der Waals surface area contributed by atoms with Gasteiger partial charge in [0.25, 0.3) is 0 Å². The van der Waals surface area contributed by atoms with Crippen molar-refractivity contribution >= 4 is 21.7 Å². The van der Waals surface area contributed by atoms with E-state index in [1.54, 1.807) is 38.3 Å². The number of benzene rings is 1. The summed E-state index contributed by atoms with van der Waals surface area (Å²) in [4.78, 5) is 11.3. The summed E-state index contributed by atoms with van der Waals surface area (Å²) in [7, 11) is 0. The third-order valence-electron chi connectivity index (χ3n) is 3.69. The number of aliphatic hydroxyl groups excluding tert-OH is 1. The number of fused-ring (bicyclic) bond motifs is 1. The first-order valence-electron chi connectivity index (χ1n) is 7.19. The highest BCUT2D eigenvalue weighted by Gasteiger charge is 2.41. The van der Waals surface area contributed by atoms with Crippen molar-refractivity contribution in [2.45, 2.75) is 38.5 Å². The highest BCUT2D eigenvalue weighted by Crippen LogP contribution is 2.38. The Balaban J connectivity index is 0.000000268. The molecular weight excluding hydrogens is 362 g/mol. The van der Waals surface area contributed by atoms with Gasteiger partial charge in [-0.05, 0) is 67.0 Å². The maximum absolute atomic E-state index is 11.3. The van der Waals surface area contributed by atoms with Gasteiger partial charge in [0.15, 0.2) is 10.5 Å². The zero-order chi connectivity index (χ0) is 17.2. The van der Waals surface area contributed by atoms with Crippen LogP contribution in [0.25, 0.3) is 0 Å². The minimum Gasteiger partial charge on any atom is -0.485 e. The number of halogens is 1. The van der Waals surface area contributed by atoms with Crippen LogP contribution in [0, 0.1) is 0 Å². The maximum Gasteiger partial charge on any atom is 0.168 e. The second kappa shape index (κ2) is 6.86. The van der Waals surface area contributed by atoms with Crippen molar-refractivity contribution in [2.75, 3.05) is 0 Å². The Kier molecular flexibility index (Phi) is 5.29. The molecule has 0 radical (unpaired) electrons. The van der Waals surface area contributed by atoms with E-state index in [2.05, 4.69) is 15.9 Å². The van der Waals surface area contributed by atoms with E-state index in [4.69, 9.17) is 14.9 Å². The minimum atomic E-state index is -0.794. The Bertz CT molecular complexity index is 682. The normalized spacial score (nSPS) is 21.5. The van der Waals surface area contributed by atoms with Crippen LogP contribution in [-0.2, 0) is 0 Å². The van der Waals surface area contributed by atoms with E-state index in [1.165, 1.54) is 6.92 Å². The molecule has 2 atom stereocenters. The molecule has 3 N–H and O–H groups in total. The first kappa shape index (κ1) is 17.7.